The zero-order valence-electron chi connectivity index (χ0n) is 9.83. The maximum atomic E-state index is 6.46. The lowest BCUT2D eigenvalue weighted by atomic mass is 9.77. The minimum absolute atomic E-state index is 0.0256. The van der Waals surface area contributed by atoms with E-state index in [4.69, 9.17) is 10.5 Å². The lowest BCUT2D eigenvalue weighted by Gasteiger charge is -2.44. The van der Waals surface area contributed by atoms with Crippen LogP contribution in [0, 0.1) is 0 Å². The van der Waals surface area contributed by atoms with Crippen molar-refractivity contribution in [3.8, 4) is 5.75 Å². The van der Waals surface area contributed by atoms with E-state index in [1.165, 1.54) is 12.8 Å². The quantitative estimate of drug-likeness (QED) is 0.725. The highest BCUT2D eigenvalue weighted by atomic mass is 16.5. The summed E-state index contributed by atoms with van der Waals surface area (Å²) >= 11 is 0. The number of ether oxygens (including phenoxy) is 1. The highest BCUT2D eigenvalue weighted by Gasteiger charge is 2.46. The Morgan fingerprint density at radius 3 is 2.62 bits per heavy atom. The third-order valence-electron chi connectivity index (χ3n) is 4.03. The normalized spacial score (nSPS) is 31.1. The van der Waals surface area contributed by atoms with Crippen molar-refractivity contribution in [2.24, 2.45) is 5.73 Å². The second-order valence-corrected chi connectivity index (χ2v) is 5.58. The van der Waals surface area contributed by atoms with E-state index in [1.807, 2.05) is 12.1 Å². The molecule has 1 fully saturated rings. The van der Waals surface area contributed by atoms with Gasteiger partial charge in [0.1, 0.15) is 11.4 Å². The van der Waals surface area contributed by atoms with Gasteiger partial charge < -0.3 is 10.5 Å². The Hall–Kier alpha value is -1.02. The highest BCUT2D eigenvalue weighted by Crippen LogP contribution is 2.48. The third kappa shape index (κ3) is 1.44. The van der Waals surface area contributed by atoms with Crippen molar-refractivity contribution in [1.29, 1.82) is 0 Å². The van der Waals surface area contributed by atoms with Crippen LogP contribution in [0.25, 0.3) is 0 Å². The summed E-state index contributed by atoms with van der Waals surface area (Å²) in [4.78, 5) is 0. The van der Waals surface area contributed by atoms with Crippen molar-refractivity contribution >= 4 is 0 Å². The van der Waals surface area contributed by atoms with E-state index in [-0.39, 0.29) is 11.1 Å². The first-order valence-corrected chi connectivity index (χ1v) is 6.19. The van der Waals surface area contributed by atoms with Crippen LogP contribution in [0.4, 0.5) is 0 Å². The molecule has 86 valence electrons. The molecule has 1 aromatic carbocycles. The van der Waals surface area contributed by atoms with Crippen molar-refractivity contribution in [3.63, 3.8) is 0 Å². The van der Waals surface area contributed by atoms with Gasteiger partial charge in [-0.25, -0.2) is 0 Å². The minimum Gasteiger partial charge on any atom is -0.487 e. The molecule has 0 radical (unpaired) electrons. The van der Waals surface area contributed by atoms with E-state index in [0.29, 0.717) is 0 Å². The molecule has 1 unspecified atom stereocenters. The van der Waals surface area contributed by atoms with E-state index < -0.39 is 0 Å². The molecule has 1 saturated carbocycles. The fraction of sp³-hybridized carbons (Fsp3) is 0.571. The number of para-hydroxylation sites is 1. The van der Waals surface area contributed by atoms with Crippen molar-refractivity contribution in [2.75, 3.05) is 0 Å². The van der Waals surface area contributed by atoms with E-state index in [0.717, 1.165) is 30.6 Å². The predicted octanol–water partition coefficient (Wildman–Crippen LogP) is 2.96. The molecule has 2 nitrogen and oxygen atoms in total. The smallest absolute Gasteiger partial charge is 0.125 e. The van der Waals surface area contributed by atoms with Crippen LogP contribution in [0.2, 0.25) is 0 Å². The summed E-state index contributed by atoms with van der Waals surface area (Å²) in [5.41, 5.74) is 7.41. The van der Waals surface area contributed by atoms with E-state index in [2.05, 4.69) is 19.1 Å². The van der Waals surface area contributed by atoms with Crippen molar-refractivity contribution in [3.05, 3.63) is 29.8 Å². The molecule has 1 aliphatic heterocycles. The summed E-state index contributed by atoms with van der Waals surface area (Å²) in [6.45, 7) is 2.13. The number of benzene rings is 1. The average Bonchev–Trinajstić information content (AvgIpc) is 2.65. The molecule has 0 amide bonds. The Kier molecular flexibility index (Phi) is 2.05. The Labute approximate surface area is 96.8 Å². The molecule has 1 heterocycles. The first-order chi connectivity index (χ1) is 7.61. The molecule has 16 heavy (non-hydrogen) atoms. The number of hydrogen-bond acceptors (Lipinski definition) is 2. The molecule has 0 bridgehead atoms. The minimum atomic E-state index is -0.237. The zero-order chi connectivity index (χ0) is 11.2. The van der Waals surface area contributed by atoms with Gasteiger partial charge in [-0.15, -0.1) is 0 Å². The lowest BCUT2D eigenvalue weighted by molar-refractivity contribution is 0.0224. The number of hydrogen-bond donors (Lipinski definition) is 1. The Morgan fingerprint density at radius 2 is 1.88 bits per heavy atom. The monoisotopic (exact) mass is 217 g/mol. The van der Waals surface area contributed by atoms with Gasteiger partial charge in [0.25, 0.3) is 0 Å². The van der Waals surface area contributed by atoms with Crippen LogP contribution in [-0.4, -0.2) is 5.60 Å². The van der Waals surface area contributed by atoms with Crippen LogP contribution in [-0.2, 0) is 5.54 Å². The van der Waals surface area contributed by atoms with Crippen LogP contribution >= 0.6 is 0 Å². The first-order valence-electron chi connectivity index (χ1n) is 6.19. The lowest BCUT2D eigenvalue weighted by Crippen LogP contribution is -2.49. The topological polar surface area (TPSA) is 35.2 Å². The molecule has 1 aliphatic carbocycles. The molecular weight excluding hydrogens is 198 g/mol. The Bertz CT molecular complexity index is 405. The SMILES string of the molecule is CC1(N)CC2(CCCC2)Oc2ccccc21. The van der Waals surface area contributed by atoms with Crippen LogP contribution in [0.15, 0.2) is 24.3 Å². The summed E-state index contributed by atoms with van der Waals surface area (Å²) in [5.74, 6) is 1.00. The highest BCUT2D eigenvalue weighted by molar-refractivity contribution is 5.41. The second-order valence-electron chi connectivity index (χ2n) is 5.58. The van der Waals surface area contributed by atoms with Gasteiger partial charge in [0.05, 0.1) is 0 Å². The summed E-state index contributed by atoms with van der Waals surface area (Å²) < 4.78 is 6.24. The first kappa shape index (κ1) is 10.2. The molecule has 3 rings (SSSR count). The van der Waals surface area contributed by atoms with Gasteiger partial charge in [-0.1, -0.05) is 18.2 Å². The molecule has 0 aromatic heterocycles. The van der Waals surface area contributed by atoms with Gasteiger partial charge >= 0.3 is 0 Å². The molecule has 2 aliphatic rings. The molecule has 1 aromatic rings. The van der Waals surface area contributed by atoms with Gasteiger partial charge in [0.2, 0.25) is 0 Å². The standard InChI is InChI=1S/C14H19NO/c1-13(15)10-14(8-4-5-9-14)16-12-7-3-2-6-11(12)13/h2-3,6-7H,4-5,8-10,15H2,1H3. The summed E-state index contributed by atoms with van der Waals surface area (Å²) in [7, 11) is 0. The molecule has 1 atom stereocenters. The van der Waals surface area contributed by atoms with E-state index in [1.54, 1.807) is 0 Å². The van der Waals surface area contributed by atoms with Crippen LogP contribution in [0.1, 0.15) is 44.6 Å². The number of rotatable bonds is 0. The average molecular weight is 217 g/mol. The molecule has 2 heteroatoms. The number of fused-ring (bicyclic) bond motifs is 1. The number of nitrogens with two attached hydrogens (primary N) is 1. The van der Waals surface area contributed by atoms with E-state index in [9.17, 15) is 0 Å². The largest absolute Gasteiger partial charge is 0.487 e. The molecule has 1 spiro atoms. The molecule has 2 N–H and O–H groups in total. The van der Waals surface area contributed by atoms with Crippen LogP contribution < -0.4 is 10.5 Å². The van der Waals surface area contributed by atoms with Crippen molar-refractivity contribution in [2.45, 2.75) is 50.2 Å². The van der Waals surface area contributed by atoms with Gasteiger partial charge in [0, 0.05) is 17.5 Å². The summed E-state index contributed by atoms with van der Waals surface area (Å²) in [6, 6.07) is 8.22. The van der Waals surface area contributed by atoms with Gasteiger partial charge in [-0.05, 0) is 38.7 Å². The maximum absolute atomic E-state index is 6.46. The van der Waals surface area contributed by atoms with Crippen LogP contribution in [0.3, 0.4) is 0 Å². The van der Waals surface area contributed by atoms with Crippen LogP contribution in [0.5, 0.6) is 5.75 Å². The molecule has 0 saturated heterocycles. The Morgan fingerprint density at radius 1 is 1.19 bits per heavy atom. The van der Waals surface area contributed by atoms with Gasteiger partial charge in [-0.3, -0.25) is 0 Å². The fourth-order valence-corrected chi connectivity index (χ4v) is 3.36. The van der Waals surface area contributed by atoms with Crippen molar-refractivity contribution < 1.29 is 4.74 Å². The zero-order valence-corrected chi connectivity index (χ0v) is 9.83. The summed E-state index contributed by atoms with van der Waals surface area (Å²) in [5, 5.41) is 0. The predicted molar refractivity (Wildman–Crippen MR) is 64.4 cm³/mol. The van der Waals surface area contributed by atoms with E-state index >= 15 is 0 Å². The maximum Gasteiger partial charge on any atom is 0.125 e. The fourth-order valence-electron chi connectivity index (χ4n) is 3.36. The Balaban J connectivity index is 2.06. The van der Waals surface area contributed by atoms with Gasteiger partial charge in [-0.2, -0.15) is 0 Å². The third-order valence-corrected chi connectivity index (χ3v) is 4.03. The van der Waals surface area contributed by atoms with Gasteiger partial charge in [0.15, 0.2) is 0 Å². The second kappa shape index (κ2) is 3.24. The molecular formula is C14H19NO. The summed E-state index contributed by atoms with van der Waals surface area (Å²) in [6.07, 6.45) is 5.83. The van der Waals surface area contributed by atoms with Crippen molar-refractivity contribution in [1.82, 2.24) is 0 Å².